The fourth-order valence-corrected chi connectivity index (χ4v) is 2.68. The van der Waals surface area contributed by atoms with E-state index in [2.05, 4.69) is 18.6 Å². The van der Waals surface area contributed by atoms with E-state index < -0.39 is 70.4 Å². The van der Waals surface area contributed by atoms with Gasteiger partial charge in [0.05, 0.1) is 15.2 Å². The molecule has 0 spiro atoms. The van der Waals surface area contributed by atoms with Crippen LogP contribution < -0.4 is 0 Å². The molecule has 0 bridgehead atoms. The highest BCUT2D eigenvalue weighted by molar-refractivity contribution is 5.72. The van der Waals surface area contributed by atoms with E-state index in [0.29, 0.717) is 12.3 Å². The van der Waals surface area contributed by atoms with Crippen molar-refractivity contribution < 1.29 is 36.9 Å². The first-order chi connectivity index (χ1) is 21.2. The van der Waals surface area contributed by atoms with Gasteiger partial charge in [0.2, 0.25) is 0 Å². The SMILES string of the molecule is [2H]C(CCCCCCCCCCCCC(C)C)C([2H])([2H])C([2H])([2H])OC(=O)C([2H])(C([2H])([2H])C([2H])([2H])[2H])C([2H])([2H])C([2H])([2H])C([2H])([2H])C([2H])([2H])[2H]. The number of ether oxygens (including phenoxy) is 1. The number of hydrogen-bond donors (Lipinski definition) is 0. The summed E-state index contributed by atoms with van der Waals surface area (Å²) in [5.41, 5.74) is 0. The molecule has 168 valence electrons. The van der Waals surface area contributed by atoms with Gasteiger partial charge in [-0.1, -0.05) is 124 Å². The second-order valence-corrected chi connectivity index (χ2v) is 7.22. The predicted octanol–water partition coefficient (Wildman–Crippen LogP) is 8.86. The third-order valence-electron chi connectivity index (χ3n) is 4.26. The minimum atomic E-state index is -4.75. The van der Waals surface area contributed by atoms with E-state index in [1.54, 1.807) is 0 Å². The number of carbonyl (C=O) groups is 1. The highest BCUT2D eigenvalue weighted by Gasteiger charge is 2.16. The third kappa shape index (κ3) is 18.8. The molecule has 0 aromatic rings. The van der Waals surface area contributed by atoms with Gasteiger partial charge in [0, 0.05) is 24.7 Å². The van der Waals surface area contributed by atoms with Crippen LogP contribution in [0.15, 0.2) is 0 Å². The summed E-state index contributed by atoms with van der Waals surface area (Å²) in [7, 11) is 0. The summed E-state index contributed by atoms with van der Waals surface area (Å²) in [5, 5.41) is 0. The van der Waals surface area contributed by atoms with Crippen LogP contribution in [0.2, 0.25) is 0 Å². The fourth-order valence-electron chi connectivity index (χ4n) is 2.68. The summed E-state index contributed by atoms with van der Waals surface area (Å²) in [4.78, 5) is 13.4. The maximum absolute atomic E-state index is 13.4. The zero-order valence-electron chi connectivity index (χ0n) is 37.5. The number of rotatable bonds is 21. The van der Waals surface area contributed by atoms with Crippen LogP contribution in [0.3, 0.4) is 0 Å². The Morgan fingerprint density at radius 3 is 2.07 bits per heavy atom. The molecule has 0 aromatic heterocycles. The Balaban J connectivity index is 5.85. The largest absolute Gasteiger partial charge is 0.465 e. The molecule has 2 nitrogen and oxygen atoms in total. The van der Waals surface area contributed by atoms with Gasteiger partial charge in [-0.25, -0.2) is 0 Å². The van der Waals surface area contributed by atoms with Crippen LogP contribution in [0.4, 0.5) is 0 Å². The molecule has 0 saturated carbocycles. The normalized spacial score (nSPS) is 29.2. The van der Waals surface area contributed by atoms with Crippen LogP contribution >= 0.6 is 0 Å². The van der Waals surface area contributed by atoms with Gasteiger partial charge < -0.3 is 4.74 Å². The van der Waals surface area contributed by atoms with E-state index in [9.17, 15) is 4.79 Å². The monoisotopic (exact) mass is 417 g/mol. The predicted molar refractivity (Wildman–Crippen MR) is 124 cm³/mol. The number of carbonyl (C=O) groups excluding carboxylic acids is 1. The molecule has 2 atom stereocenters. The van der Waals surface area contributed by atoms with E-state index >= 15 is 0 Å². The summed E-state index contributed by atoms with van der Waals surface area (Å²) >= 11 is 0. The molecule has 0 amide bonds. The van der Waals surface area contributed by atoms with Gasteiger partial charge in [-0.15, -0.1) is 0 Å². The molecule has 2 unspecified atom stereocenters. The second-order valence-electron chi connectivity index (χ2n) is 7.22. The minimum absolute atomic E-state index is 0.232. The van der Waals surface area contributed by atoms with Crippen LogP contribution in [0, 0.1) is 11.8 Å². The Kier molecular flexibility index (Phi) is 6.74. The van der Waals surface area contributed by atoms with Gasteiger partial charge in [-0.3, -0.25) is 4.79 Å². The van der Waals surface area contributed by atoms with E-state index in [0.717, 1.165) is 32.1 Å². The van der Waals surface area contributed by atoms with Crippen molar-refractivity contribution in [2.24, 2.45) is 11.8 Å². The molecule has 0 aromatic carbocycles. The van der Waals surface area contributed by atoms with E-state index in [1.807, 2.05) is 0 Å². The Labute approximate surface area is 205 Å². The summed E-state index contributed by atoms with van der Waals surface area (Å²) < 4.78 is 162. The molecule has 0 aliphatic heterocycles. The molecule has 0 heterocycles. The first-order valence-corrected chi connectivity index (χ1v) is 10.4. The molecule has 0 saturated heterocycles. The molecule has 28 heavy (non-hydrogen) atoms. The van der Waals surface area contributed by atoms with E-state index in [-0.39, 0.29) is 12.8 Å². The lowest BCUT2D eigenvalue weighted by Crippen LogP contribution is -2.17. The number of hydrogen-bond acceptors (Lipinski definition) is 2. The molecule has 2 heteroatoms. The van der Waals surface area contributed by atoms with Crippen molar-refractivity contribution in [3.8, 4) is 0 Å². The van der Waals surface area contributed by atoms with Gasteiger partial charge in [-0.2, -0.15) is 0 Å². The first-order valence-electron chi connectivity index (χ1n) is 20.4. The quantitative estimate of drug-likeness (QED) is 0.138. The summed E-state index contributed by atoms with van der Waals surface area (Å²) in [6, 6.07) is 0. The summed E-state index contributed by atoms with van der Waals surface area (Å²) in [6.45, 7) is -7.68. The second kappa shape index (κ2) is 21.2. The topological polar surface area (TPSA) is 26.3 Å². The minimum Gasteiger partial charge on any atom is -0.465 e. The lowest BCUT2D eigenvalue weighted by molar-refractivity contribution is -0.149. The van der Waals surface area contributed by atoms with Crippen molar-refractivity contribution in [1.82, 2.24) is 0 Å². The first kappa shape index (κ1) is 8.91. The lowest BCUT2D eigenvalue weighted by Gasteiger charge is -2.13. The van der Waals surface area contributed by atoms with Crippen molar-refractivity contribution in [3.05, 3.63) is 0 Å². The van der Waals surface area contributed by atoms with Crippen molar-refractivity contribution in [1.29, 1.82) is 0 Å². The van der Waals surface area contributed by atoms with Gasteiger partial charge in [0.15, 0.2) is 0 Å². The zero-order chi connectivity index (χ0) is 38.4. The van der Waals surface area contributed by atoms with Gasteiger partial charge >= 0.3 is 5.97 Å². The Bertz CT molecular complexity index is 1000. The average molecular weight is 417 g/mol. The summed E-state index contributed by atoms with van der Waals surface area (Å²) in [5.74, 6) is -6.83. The Hall–Kier alpha value is -0.530. The van der Waals surface area contributed by atoms with Crippen molar-refractivity contribution in [3.63, 3.8) is 0 Å². The van der Waals surface area contributed by atoms with Crippen molar-refractivity contribution in [2.75, 3.05) is 6.56 Å². The van der Waals surface area contributed by atoms with E-state index in [4.69, 9.17) is 27.4 Å². The maximum atomic E-state index is 13.4. The Morgan fingerprint density at radius 2 is 1.50 bits per heavy atom. The molecular weight excluding hydrogens is 344 g/mol. The smallest absolute Gasteiger partial charge is 0.308 e. The standard InChI is InChI=1S/C26H52O2/c1-5-7-22-25(6-2)26(27)28-23-20-18-16-14-12-10-8-9-11-13-15-17-19-21-24(3)4/h24-25H,5-23H2,1-4H3/i1D3,2D3,5D2,6D2,7D2,18D,20D2,22D2,23D2,25D. The molecule has 0 rings (SSSR count). The zero-order valence-corrected chi connectivity index (χ0v) is 17.5. The maximum Gasteiger partial charge on any atom is 0.308 e. The number of unbranched alkanes of at least 4 members (excludes halogenated alkanes) is 9. The molecular formula is C26H52O2. The average Bonchev–Trinajstić information content (AvgIpc) is 2.90. The molecule has 0 aliphatic rings. The molecule has 0 N–H and O–H groups in total. The van der Waals surface area contributed by atoms with Crippen molar-refractivity contribution in [2.45, 2.75) is 143 Å². The van der Waals surface area contributed by atoms with Crippen LogP contribution in [0.1, 0.15) is 170 Å². The third-order valence-corrected chi connectivity index (χ3v) is 4.26. The lowest BCUT2D eigenvalue weighted by atomic mass is 10.00. The fraction of sp³-hybridized carbons (Fsp3) is 0.962. The number of esters is 1. The molecule has 0 radical (unpaired) electrons. The highest BCUT2D eigenvalue weighted by atomic mass is 16.5. The van der Waals surface area contributed by atoms with Gasteiger partial charge in [0.1, 0.15) is 0 Å². The summed E-state index contributed by atoms with van der Waals surface area (Å²) in [6.07, 6.45) is -13.0. The van der Waals surface area contributed by atoms with E-state index in [1.165, 1.54) is 25.7 Å². The van der Waals surface area contributed by atoms with Crippen LogP contribution in [-0.2, 0) is 9.53 Å². The van der Waals surface area contributed by atoms with Gasteiger partial charge in [-0.05, 0) is 25.0 Å². The van der Waals surface area contributed by atoms with Crippen LogP contribution in [-0.4, -0.2) is 12.5 Å². The van der Waals surface area contributed by atoms with Gasteiger partial charge in [0.25, 0.3) is 0 Å². The highest BCUT2D eigenvalue weighted by Crippen LogP contribution is 2.16. The van der Waals surface area contributed by atoms with Crippen LogP contribution in [0.5, 0.6) is 0 Å². The van der Waals surface area contributed by atoms with Crippen LogP contribution in [0.25, 0.3) is 0 Å². The molecule has 0 fully saturated rings. The van der Waals surface area contributed by atoms with Crippen molar-refractivity contribution >= 4 is 5.97 Å². The Morgan fingerprint density at radius 1 is 0.893 bits per heavy atom. The molecule has 0 aliphatic carbocycles.